The lowest BCUT2D eigenvalue weighted by Gasteiger charge is -2.53. The minimum Gasteiger partial charge on any atom is -0.461 e. The van der Waals surface area contributed by atoms with Crippen LogP contribution in [0, 0.1) is 24.2 Å². The number of furan rings is 1. The fourth-order valence-corrected chi connectivity index (χ4v) is 4.84. The zero-order chi connectivity index (χ0) is 19.2. The molecule has 1 aromatic heterocycles. The quantitative estimate of drug-likeness (QED) is 0.590. The molecule has 2 aliphatic rings. The Bertz CT molecular complexity index is 754. The highest BCUT2D eigenvalue weighted by Crippen LogP contribution is 2.59. The van der Waals surface area contributed by atoms with Crippen LogP contribution in [-0.4, -0.2) is 25.0 Å². The van der Waals surface area contributed by atoms with Gasteiger partial charge in [-0.05, 0) is 39.2 Å². The molecule has 5 heteroatoms. The number of fused-ring (bicyclic) bond motifs is 2. The number of allylic oxidation sites excluding steroid dienone is 1. The molecule has 1 fully saturated rings. The molecule has 0 aliphatic heterocycles. The fraction of sp³-hybridized carbons (Fsp3) is 0.619. The van der Waals surface area contributed by atoms with Gasteiger partial charge in [-0.15, -0.1) is 0 Å². The van der Waals surface area contributed by atoms with Crippen molar-refractivity contribution in [3.05, 3.63) is 34.8 Å². The van der Waals surface area contributed by atoms with Crippen molar-refractivity contribution in [2.75, 3.05) is 7.11 Å². The van der Waals surface area contributed by atoms with Gasteiger partial charge in [0.25, 0.3) is 0 Å². The van der Waals surface area contributed by atoms with E-state index in [4.69, 9.17) is 13.9 Å². The lowest BCUT2D eigenvalue weighted by molar-refractivity contribution is -0.165. The topological polar surface area (TPSA) is 65.7 Å². The van der Waals surface area contributed by atoms with Crippen LogP contribution in [-0.2, 0) is 14.3 Å². The predicted molar refractivity (Wildman–Crippen MR) is 96.8 cm³/mol. The summed E-state index contributed by atoms with van der Waals surface area (Å²) < 4.78 is 17.2. The predicted octanol–water partition coefficient (Wildman–Crippen LogP) is 4.40. The van der Waals surface area contributed by atoms with Crippen LogP contribution in [0.2, 0.25) is 0 Å². The molecular formula is C21H28O5. The van der Waals surface area contributed by atoms with Gasteiger partial charge in [-0.3, -0.25) is 4.79 Å². The summed E-state index contributed by atoms with van der Waals surface area (Å²) in [4.78, 5) is 25.2. The second kappa shape index (κ2) is 6.69. The van der Waals surface area contributed by atoms with E-state index in [0.29, 0.717) is 18.6 Å². The molecule has 1 saturated carbocycles. The summed E-state index contributed by atoms with van der Waals surface area (Å²) in [5, 5.41) is 0. The Morgan fingerprint density at radius 1 is 1.35 bits per heavy atom. The molecule has 0 bridgehead atoms. The van der Waals surface area contributed by atoms with Gasteiger partial charge in [-0.2, -0.15) is 0 Å². The van der Waals surface area contributed by atoms with Crippen molar-refractivity contribution < 1.29 is 23.5 Å². The number of ketones is 1. The number of carbonyl (C=O) groups is 2. The third kappa shape index (κ3) is 2.73. The molecular weight excluding hydrogens is 332 g/mol. The second-order valence-electron chi connectivity index (χ2n) is 8.12. The average molecular weight is 360 g/mol. The Balaban J connectivity index is 1.98. The summed E-state index contributed by atoms with van der Waals surface area (Å²) in [6.45, 7) is 9.82. The van der Waals surface area contributed by atoms with Gasteiger partial charge < -0.3 is 13.9 Å². The van der Waals surface area contributed by atoms with Crippen LogP contribution >= 0.6 is 0 Å². The molecule has 3 rings (SSSR count). The van der Waals surface area contributed by atoms with Gasteiger partial charge in [0.15, 0.2) is 5.76 Å². The van der Waals surface area contributed by atoms with Gasteiger partial charge in [-0.1, -0.05) is 19.4 Å². The van der Waals surface area contributed by atoms with Gasteiger partial charge >= 0.3 is 5.97 Å². The maximum absolute atomic E-state index is 13.1. The van der Waals surface area contributed by atoms with E-state index in [-0.39, 0.29) is 35.8 Å². The fourth-order valence-electron chi connectivity index (χ4n) is 4.84. The zero-order valence-electron chi connectivity index (χ0n) is 16.4. The number of hydrogen-bond donors (Lipinski definition) is 0. The van der Waals surface area contributed by atoms with Gasteiger partial charge in [0.05, 0.1) is 12.4 Å². The highest BCUT2D eigenvalue weighted by Gasteiger charge is 2.59. The number of rotatable bonds is 3. The molecule has 1 aromatic rings. The Morgan fingerprint density at radius 3 is 2.65 bits per heavy atom. The molecule has 0 unspecified atom stereocenters. The molecule has 0 saturated heterocycles. The minimum absolute atomic E-state index is 0.0212. The van der Waals surface area contributed by atoms with Crippen molar-refractivity contribution in [2.45, 2.75) is 59.7 Å². The lowest BCUT2D eigenvalue weighted by Crippen LogP contribution is -2.54. The van der Waals surface area contributed by atoms with Crippen molar-refractivity contribution >= 4 is 11.8 Å². The molecule has 0 N–H and O–H groups in total. The number of esters is 1. The zero-order valence-corrected chi connectivity index (χ0v) is 16.4. The molecule has 0 spiro atoms. The van der Waals surface area contributed by atoms with Crippen LogP contribution in [0.25, 0.3) is 0 Å². The number of hydrogen-bond acceptors (Lipinski definition) is 5. The third-order valence-electron chi connectivity index (χ3n) is 6.33. The Hall–Kier alpha value is -1.88. The van der Waals surface area contributed by atoms with E-state index < -0.39 is 5.41 Å². The number of methoxy groups -OCH3 is 1. The summed E-state index contributed by atoms with van der Waals surface area (Å²) in [5.74, 6) is -0.0555. The summed E-state index contributed by atoms with van der Waals surface area (Å²) in [7, 11) is 1.67. The summed E-state index contributed by atoms with van der Waals surface area (Å²) in [6.07, 6.45) is 3.97. The molecule has 5 nitrogen and oxygen atoms in total. The van der Waals surface area contributed by atoms with Gasteiger partial charge in [-0.25, -0.2) is 4.79 Å². The number of aryl methyl sites for hydroxylation is 1. The number of carbonyl (C=O) groups excluding carboxylic acids is 2. The van der Waals surface area contributed by atoms with Crippen molar-refractivity contribution in [3.63, 3.8) is 0 Å². The van der Waals surface area contributed by atoms with Crippen molar-refractivity contribution in [1.29, 1.82) is 0 Å². The number of Topliss-reactive ketones (excluding diaryl/α,β-unsaturated/α-hetero) is 1. The largest absolute Gasteiger partial charge is 0.461 e. The molecule has 142 valence electrons. The normalized spacial score (nSPS) is 33.2. The van der Waals surface area contributed by atoms with E-state index in [1.54, 1.807) is 13.4 Å². The van der Waals surface area contributed by atoms with E-state index in [9.17, 15) is 9.59 Å². The lowest BCUT2D eigenvalue weighted by atomic mass is 9.53. The first-order chi connectivity index (χ1) is 12.2. The second-order valence-corrected chi connectivity index (χ2v) is 8.12. The average Bonchev–Trinajstić information content (AvgIpc) is 2.93. The molecule has 0 radical (unpaired) electrons. The standard InChI is InChI=1S/C21H28O5/c1-11(2)9-16(22)26-15-8-7-14-18(23)19-17(12(3)10-25-19)20(24-6)21(14,5)13(15)4/h9-10,13-15,20H,7-8H2,1-6H3/t13-,14-,15-,20+,21+/m0/s1. The van der Waals surface area contributed by atoms with Gasteiger partial charge in [0, 0.05) is 36.0 Å². The molecule has 0 amide bonds. The summed E-state index contributed by atoms with van der Waals surface area (Å²) in [6, 6.07) is 0. The van der Waals surface area contributed by atoms with E-state index in [1.165, 1.54) is 6.08 Å². The minimum atomic E-state index is -0.457. The van der Waals surface area contributed by atoms with Gasteiger partial charge in [0.1, 0.15) is 6.10 Å². The van der Waals surface area contributed by atoms with Crippen LogP contribution in [0.5, 0.6) is 0 Å². The smallest absolute Gasteiger partial charge is 0.330 e. The SMILES string of the molecule is CO[C@@H]1c2c(C)coc2C(=O)[C@@H]2CC[C@H](OC(=O)C=C(C)C)[C@H](C)[C@@]12C. The molecule has 5 atom stereocenters. The van der Waals surface area contributed by atoms with Crippen LogP contribution in [0.15, 0.2) is 22.3 Å². The highest BCUT2D eigenvalue weighted by atomic mass is 16.5. The first-order valence-electron chi connectivity index (χ1n) is 9.22. The Morgan fingerprint density at radius 2 is 2.04 bits per heavy atom. The van der Waals surface area contributed by atoms with E-state index in [1.807, 2.05) is 20.8 Å². The third-order valence-corrected chi connectivity index (χ3v) is 6.33. The maximum atomic E-state index is 13.1. The van der Waals surface area contributed by atoms with E-state index >= 15 is 0 Å². The number of ether oxygens (including phenoxy) is 2. The molecule has 0 aromatic carbocycles. The van der Waals surface area contributed by atoms with Crippen LogP contribution < -0.4 is 0 Å². The first kappa shape index (κ1) is 18.9. The first-order valence-corrected chi connectivity index (χ1v) is 9.22. The molecule has 26 heavy (non-hydrogen) atoms. The van der Waals surface area contributed by atoms with Crippen LogP contribution in [0.1, 0.15) is 68.3 Å². The Labute approximate surface area is 154 Å². The Kier molecular flexibility index (Phi) is 4.86. The van der Waals surface area contributed by atoms with E-state index in [2.05, 4.69) is 13.8 Å². The van der Waals surface area contributed by atoms with Crippen LogP contribution in [0.4, 0.5) is 0 Å². The summed E-state index contributed by atoms with van der Waals surface area (Å²) >= 11 is 0. The highest BCUT2D eigenvalue weighted by molar-refractivity contribution is 5.99. The van der Waals surface area contributed by atoms with Crippen LogP contribution in [0.3, 0.4) is 0 Å². The van der Waals surface area contributed by atoms with Gasteiger partial charge in [0.2, 0.25) is 5.78 Å². The van der Waals surface area contributed by atoms with Crippen molar-refractivity contribution in [3.8, 4) is 0 Å². The maximum Gasteiger partial charge on any atom is 0.330 e. The summed E-state index contributed by atoms with van der Waals surface area (Å²) in [5.41, 5.74) is 2.22. The van der Waals surface area contributed by atoms with E-state index in [0.717, 1.165) is 16.7 Å². The molecule has 1 heterocycles. The monoisotopic (exact) mass is 360 g/mol. The van der Waals surface area contributed by atoms with Crippen molar-refractivity contribution in [1.82, 2.24) is 0 Å². The molecule has 2 aliphatic carbocycles. The van der Waals surface area contributed by atoms with Crippen molar-refractivity contribution in [2.24, 2.45) is 17.3 Å².